The lowest BCUT2D eigenvalue weighted by atomic mass is 10.2. The molecule has 8 heteroatoms. The van der Waals surface area contributed by atoms with Gasteiger partial charge in [0.2, 0.25) is 0 Å². The van der Waals surface area contributed by atoms with Crippen LogP contribution in [-0.2, 0) is 14.3 Å². The van der Waals surface area contributed by atoms with Crippen molar-refractivity contribution < 1.29 is 23.9 Å². The number of benzene rings is 1. The Bertz CT molecular complexity index is 762. The number of thioether (sulfide) groups is 1. The molecule has 0 unspecified atom stereocenters. The third-order valence-electron chi connectivity index (χ3n) is 3.45. The van der Waals surface area contributed by atoms with Crippen molar-refractivity contribution >= 4 is 50.9 Å². The van der Waals surface area contributed by atoms with E-state index in [0.29, 0.717) is 5.75 Å². The summed E-state index contributed by atoms with van der Waals surface area (Å²) in [5, 5.41) is -0.486. The summed E-state index contributed by atoms with van der Waals surface area (Å²) in [7, 11) is 0. The van der Waals surface area contributed by atoms with E-state index in [1.54, 1.807) is 31.2 Å². The quantitative estimate of drug-likeness (QED) is 0.485. The lowest BCUT2D eigenvalue weighted by Crippen LogP contribution is -2.42. The van der Waals surface area contributed by atoms with Gasteiger partial charge in [-0.2, -0.15) is 0 Å². The van der Waals surface area contributed by atoms with Crippen LogP contribution in [0.2, 0.25) is 0 Å². The fraction of sp³-hybridized carbons (Fsp3) is 0.389. The zero-order valence-electron chi connectivity index (χ0n) is 14.9. The van der Waals surface area contributed by atoms with Crippen molar-refractivity contribution in [2.24, 2.45) is 0 Å². The molecular formula is C18H20BrNO5S. The third-order valence-corrected chi connectivity index (χ3v) is 4.96. The van der Waals surface area contributed by atoms with E-state index in [1.807, 2.05) is 13.8 Å². The highest BCUT2D eigenvalue weighted by Crippen LogP contribution is 2.35. The van der Waals surface area contributed by atoms with Crippen molar-refractivity contribution in [3.8, 4) is 5.75 Å². The molecule has 0 radical (unpaired) electrons. The van der Waals surface area contributed by atoms with Crippen LogP contribution in [0.5, 0.6) is 5.75 Å². The minimum atomic E-state index is -0.957. The van der Waals surface area contributed by atoms with Gasteiger partial charge in [-0.3, -0.25) is 14.5 Å². The Kier molecular flexibility index (Phi) is 6.88. The number of amides is 2. The molecule has 0 spiro atoms. The number of rotatable bonds is 6. The van der Waals surface area contributed by atoms with Crippen LogP contribution in [-0.4, -0.2) is 40.8 Å². The number of carbonyl (C=O) groups excluding carboxylic acids is 3. The van der Waals surface area contributed by atoms with Gasteiger partial charge in [-0.1, -0.05) is 6.07 Å². The van der Waals surface area contributed by atoms with Gasteiger partial charge in [0.25, 0.3) is 11.1 Å². The largest absolute Gasteiger partial charge is 0.490 e. The highest BCUT2D eigenvalue weighted by Gasteiger charge is 2.41. The summed E-state index contributed by atoms with van der Waals surface area (Å²) >= 11 is 4.24. The maximum absolute atomic E-state index is 12.5. The molecule has 1 fully saturated rings. The Hall–Kier alpha value is -1.80. The monoisotopic (exact) mass is 441 g/mol. The average molecular weight is 442 g/mol. The van der Waals surface area contributed by atoms with Crippen LogP contribution >= 0.6 is 27.7 Å². The number of esters is 1. The average Bonchev–Trinajstić information content (AvgIpc) is 2.83. The van der Waals surface area contributed by atoms with Gasteiger partial charge in [0.05, 0.1) is 22.1 Å². The Balaban J connectivity index is 2.22. The molecule has 2 amide bonds. The van der Waals surface area contributed by atoms with E-state index in [9.17, 15) is 14.4 Å². The molecule has 140 valence electrons. The lowest BCUT2D eigenvalue weighted by Gasteiger charge is -2.19. The second kappa shape index (κ2) is 8.73. The van der Waals surface area contributed by atoms with Crippen molar-refractivity contribution in [1.82, 2.24) is 4.90 Å². The summed E-state index contributed by atoms with van der Waals surface area (Å²) < 4.78 is 11.3. The molecule has 1 saturated heterocycles. The van der Waals surface area contributed by atoms with Crippen LogP contribution in [0.4, 0.5) is 4.79 Å². The fourth-order valence-corrected chi connectivity index (χ4v) is 3.69. The van der Waals surface area contributed by atoms with Crippen LogP contribution in [0.1, 0.15) is 33.3 Å². The molecular weight excluding hydrogens is 422 g/mol. The maximum Gasteiger partial charge on any atom is 0.329 e. The molecule has 0 N–H and O–H groups in total. The van der Waals surface area contributed by atoms with Crippen molar-refractivity contribution in [3.05, 3.63) is 33.1 Å². The van der Waals surface area contributed by atoms with E-state index in [-0.39, 0.29) is 17.6 Å². The minimum absolute atomic E-state index is 0.0398. The van der Waals surface area contributed by atoms with Gasteiger partial charge < -0.3 is 9.47 Å². The van der Waals surface area contributed by atoms with Gasteiger partial charge >= 0.3 is 5.97 Å². The number of halogens is 1. The molecule has 1 aliphatic heterocycles. The molecule has 1 aromatic rings. The van der Waals surface area contributed by atoms with Gasteiger partial charge in [0.15, 0.2) is 0 Å². The smallest absolute Gasteiger partial charge is 0.329 e. The van der Waals surface area contributed by atoms with E-state index in [0.717, 1.165) is 26.7 Å². The Morgan fingerprint density at radius 3 is 2.58 bits per heavy atom. The molecule has 0 bridgehead atoms. The first-order valence-corrected chi connectivity index (χ1v) is 9.75. The second-order valence-corrected chi connectivity index (χ2v) is 7.68. The van der Waals surface area contributed by atoms with Crippen LogP contribution in [0.3, 0.4) is 0 Å². The van der Waals surface area contributed by atoms with Crippen molar-refractivity contribution in [1.29, 1.82) is 0 Å². The van der Waals surface area contributed by atoms with Gasteiger partial charge in [0, 0.05) is 0 Å². The summed E-state index contributed by atoms with van der Waals surface area (Å²) in [6, 6.07) is 4.44. The standard InChI is InChI=1S/C18H20BrNO5S/c1-5-24-17(22)11(4)20-16(21)15(26-18(20)23)9-12-6-7-14(13(19)8-12)25-10(2)3/h6-11H,5H2,1-4H3/b15-9-/t11-/m1/s1. The summed E-state index contributed by atoms with van der Waals surface area (Å²) in [4.78, 5) is 37.7. The molecule has 1 heterocycles. The predicted molar refractivity (Wildman–Crippen MR) is 104 cm³/mol. The summed E-state index contributed by atoms with van der Waals surface area (Å²) in [6.07, 6.45) is 1.66. The van der Waals surface area contributed by atoms with Crippen molar-refractivity contribution in [2.75, 3.05) is 6.61 Å². The molecule has 1 aliphatic rings. The van der Waals surface area contributed by atoms with Gasteiger partial charge in [-0.05, 0) is 79.2 Å². The van der Waals surface area contributed by atoms with E-state index in [4.69, 9.17) is 9.47 Å². The lowest BCUT2D eigenvalue weighted by molar-refractivity contribution is -0.150. The van der Waals surface area contributed by atoms with Crippen LogP contribution in [0.25, 0.3) is 6.08 Å². The molecule has 26 heavy (non-hydrogen) atoms. The Labute approximate surface area is 165 Å². The maximum atomic E-state index is 12.5. The number of ether oxygens (including phenoxy) is 2. The van der Waals surface area contributed by atoms with Gasteiger partial charge in [-0.25, -0.2) is 4.79 Å². The third kappa shape index (κ3) is 4.67. The zero-order valence-corrected chi connectivity index (χ0v) is 17.3. The Morgan fingerprint density at radius 2 is 2.00 bits per heavy atom. The molecule has 0 saturated carbocycles. The van der Waals surface area contributed by atoms with Crippen molar-refractivity contribution in [2.45, 2.75) is 39.8 Å². The summed E-state index contributed by atoms with van der Waals surface area (Å²) in [6.45, 7) is 7.20. The highest BCUT2D eigenvalue weighted by molar-refractivity contribution is 9.10. The van der Waals surface area contributed by atoms with Crippen LogP contribution in [0.15, 0.2) is 27.6 Å². The van der Waals surface area contributed by atoms with E-state index < -0.39 is 23.2 Å². The number of carbonyl (C=O) groups is 3. The molecule has 1 aromatic carbocycles. The first-order chi connectivity index (χ1) is 12.2. The van der Waals surface area contributed by atoms with E-state index in [2.05, 4.69) is 15.9 Å². The van der Waals surface area contributed by atoms with Gasteiger partial charge in [0.1, 0.15) is 11.8 Å². The first-order valence-electron chi connectivity index (χ1n) is 8.14. The molecule has 0 aliphatic carbocycles. The van der Waals surface area contributed by atoms with E-state index in [1.165, 1.54) is 6.92 Å². The van der Waals surface area contributed by atoms with Crippen LogP contribution in [0, 0.1) is 0 Å². The normalized spacial score (nSPS) is 17.2. The van der Waals surface area contributed by atoms with Gasteiger partial charge in [-0.15, -0.1) is 0 Å². The number of hydrogen-bond donors (Lipinski definition) is 0. The summed E-state index contributed by atoms with van der Waals surface area (Å²) in [5.74, 6) is -0.408. The zero-order chi connectivity index (χ0) is 19.4. The van der Waals surface area contributed by atoms with Crippen LogP contribution < -0.4 is 4.74 Å². The first kappa shape index (κ1) is 20.5. The number of nitrogens with zero attached hydrogens (tertiary/aromatic N) is 1. The highest BCUT2D eigenvalue weighted by atomic mass is 79.9. The second-order valence-electron chi connectivity index (χ2n) is 5.84. The SMILES string of the molecule is CCOC(=O)[C@@H](C)N1C(=O)S/C(=C\c2ccc(OC(C)C)c(Br)c2)C1=O. The number of imide groups is 1. The molecule has 2 rings (SSSR count). The summed E-state index contributed by atoms with van der Waals surface area (Å²) in [5.41, 5.74) is 0.738. The Morgan fingerprint density at radius 1 is 1.31 bits per heavy atom. The minimum Gasteiger partial charge on any atom is -0.490 e. The predicted octanol–water partition coefficient (Wildman–Crippen LogP) is 4.22. The van der Waals surface area contributed by atoms with Crippen molar-refractivity contribution in [3.63, 3.8) is 0 Å². The topological polar surface area (TPSA) is 72.9 Å². The molecule has 0 aromatic heterocycles. The fourth-order valence-electron chi connectivity index (χ4n) is 2.29. The number of hydrogen-bond acceptors (Lipinski definition) is 6. The molecule has 1 atom stereocenters. The van der Waals surface area contributed by atoms with E-state index >= 15 is 0 Å². The molecule has 6 nitrogen and oxygen atoms in total.